The third-order valence-electron chi connectivity index (χ3n) is 6.64. The summed E-state index contributed by atoms with van der Waals surface area (Å²) in [6.45, 7) is 4.65. The number of aromatic nitrogens is 2. The van der Waals surface area contributed by atoms with Crippen molar-refractivity contribution in [1.29, 1.82) is 0 Å². The van der Waals surface area contributed by atoms with E-state index in [9.17, 15) is 23.1 Å². The molecule has 1 saturated heterocycles. The lowest BCUT2D eigenvalue weighted by atomic mass is 9.93. The summed E-state index contributed by atoms with van der Waals surface area (Å²) in [5, 5.41) is 16.0. The summed E-state index contributed by atoms with van der Waals surface area (Å²) in [7, 11) is 0. The molecule has 2 aliphatic heterocycles. The number of benzene rings is 2. The summed E-state index contributed by atoms with van der Waals surface area (Å²) < 4.78 is 43.0. The Morgan fingerprint density at radius 2 is 1.84 bits per heavy atom. The number of carbonyl (C=O) groups excluding carboxylic acids is 1. The number of carbonyl (C=O) groups is 1. The van der Waals surface area contributed by atoms with Gasteiger partial charge in [-0.2, -0.15) is 23.3 Å². The first kappa shape index (κ1) is 25.5. The zero-order valence-corrected chi connectivity index (χ0v) is 21.4. The van der Waals surface area contributed by atoms with E-state index >= 15 is 0 Å². The molecule has 37 heavy (non-hydrogen) atoms. The second kappa shape index (κ2) is 9.64. The third-order valence-corrected chi connectivity index (χ3v) is 7.69. The average Bonchev–Trinajstić information content (AvgIpc) is 3.41. The molecule has 10 heteroatoms. The minimum atomic E-state index is -4.57. The topological polar surface area (TPSA) is 70.7 Å². The Labute approximate surface area is 216 Å². The van der Waals surface area contributed by atoms with Gasteiger partial charge < -0.3 is 10.0 Å². The number of nitrogens with zero attached hydrogens (tertiary/aromatic N) is 4. The molecule has 5 rings (SSSR count). The summed E-state index contributed by atoms with van der Waals surface area (Å²) in [6, 6.07) is 9.39. The van der Waals surface area contributed by atoms with E-state index in [4.69, 9.17) is 0 Å². The van der Waals surface area contributed by atoms with Crippen LogP contribution >= 0.6 is 11.8 Å². The molecule has 194 valence electrons. The highest BCUT2D eigenvalue weighted by atomic mass is 32.2. The molecule has 0 atom stereocenters. The van der Waals surface area contributed by atoms with Gasteiger partial charge in [-0.3, -0.25) is 9.48 Å². The number of fused-ring (bicyclic) bond motifs is 1. The van der Waals surface area contributed by atoms with Crippen LogP contribution in [-0.4, -0.2) is 44.0 Å². The monoisotopic (exact) mass is 528 g/mol. The molecule has 0 saturated carbocycles. The maximum Gasteiger partial charge on any atom is 0.416 e. The Bertz CT molecular complexity index is 1410. The Morgan fingerprint density at radius 1 is 1.08 bits per heavy atom. The van der Waals surface area contributed by atoms with Gasteiger partial charge in [0.2, 0.25) is 0 Å². The maximum atomic E-state index is 13.8. The number of alkyl halides is 3. The second-order valence-corrected chi connectivity index (χ2v) is 10.9. The number of amidine groups is 1. The van der Waals surface area contributed by atoms with Crippen LogP contribution in [0.1, 0.15) is 55.4 Å². The highest BCUT2D eigenvalue weighted by Crippen LogP contribution is 2.36. The fraction of sp³-hybridized carbons (Fsp3) is 0.370. The number of aliphatic hydroxyl groups is 1. The fourth-order valence-corrected chi connectivity index (χ4v) is 5.58. The van der Waals surface area contributed by atoms with Gasteiger partial charge in [-0.1, -0.05) is 18.2 Å². The summed E-state index contributed by atoms with van der Waals surface area (Å²) in [6.07, 6.45) is 2.22. The molecule has 1 fully saturated rings. The van der Waals surface area contributed by atoms with Gasteiger partial charge in [0, 0.05) is 18.5 Å². The van der Waals surface area contributed by atoms with Crippen LogP contribution in [0.25, 0.3) is 17.0 Å². The van der Waals surface area contributed by atoms with Gasteiger partial charge in [-0.15, -0.1) is 0 Å². The van der Waals surface area contributed by atoms with Crippen LogP contribution < -0.4 is 0 Å². The molecule has 0 spiro atoms. The van der Waals surface area contributed by atoms with Gasteiger partial charge in [0.1, 0.15) is 0 Å². The summed E-state index contributed by atoms with van der Waals surface area (Å²) in [5.74, 6) is -0.254. The number of piperidine rings is 1. The van der Waals surface area contributed by atoms with Gasteiger partial charge >= 0.3 is 6.18 Å². The van der Waals surface area contributed by atoms with Crippen LogP contribution in [0.2, 0.25) is 0 Å². The normalized spacial score (nSPS) is 18.2. The molecule has 2 aromatic carbocycles. The number of amides is 1. The van der Waals surface area contributed by atoms with Gasteiger partial charge in [0.15, 0.2) is 5.17 Å². The minimum Gasteiger partial charge on any atom is -0.386 e. The molecule has 0 bridgehead atoms. The van der Waals surface area contributed by atoms with E-state index in [1.54, 1.807) is 18.3 Å². The van der Waals surface area contributed by atoms with Crippen LogP contribution in [0.5, 0.6) is 0 Å². The van der Waals surface area contributed by atoms with Crippen molar-refractivity contribution in [3.05, 3.63) is 69.8 Å². The van der Waals surface area contributed by atoms with Crippen molar-refractivity contribution in [2.75, 3.05) is 13.1 Å². The first-order valence-corrected chi connectivity index (χ1v) is 13.0. The smallest absolute Gasteiger partial charge is 0.386 e. The first-order chi connectivity index (χ1) is 17.5. The van der Waals surface area contributed by atoms with Crippen LogP contribution in [0.4, 0.5) is 13.2 Å². The predicted molar refractivity (Wildman–Crippen MR) is 139 cm³/mol. The van der Waals surface area contributed by atoms with Gasteiger partial charge in [0.05, 0.1) is 34.3 Å². The number of halogens is 3. The number of aliphatic imine (C=N–C) groups is 1. The Balaban J connectivity index is 1.39. The van der Waals surface area contributed by atoms with Crippen molar-refractivity contribution in [1.82, 2.24) is 14.7 Å². The molecule has 0 aliphatic carbocycles. The van der Waals surface area contributed by atoms with Crippen LogP contribution in [-0.2, 0) is 23.1 Å². The fourth-order valence-electron chi connectivity index (χ4n) is 4.61. The SMILES string of the molecule is CC(C)(O)c1ccc(Cn2ncc3cc(C=C4SC(N5CCCCC5)=NC4=O)ccc32)c(C(F)(F)F)c1. The number of thioether (sulfide) groups is 1. The lowest BCUT2D eigenvalue weighted by molar-refractivity contribution is -0.138. The molecule has 1 amide bonds. The average molecular weight is 529 g/mol. The Morgan fingerprint density at radius 3 is 2.54 bits per heavy atom. The van der Waals surface area contributed by atoms with Crippen molar-refractivity contribution in [3.8, 4) is 0 Å². The first-order valence-electron chi connectivity index (χ1n) is 12.1. The van der Waals surface area contributed by atoms with E-state index in [0.29, 0.717) is 10.4 Å². The second-order valence-electron chi connectivity index (χ2n) is 9.91. The lowest BCUT2D eigenvalue weighted by Gasteiger charge is -2.27. The molecule has 0 unspecified atom stereocenters. The zero-order valence-electron chi connectivity index (χ0n) is 20.5. The third kappa shape index (κ3) is 5.45. The van der Waals surface area contributed by atoms with Crippen molar-refractivity contribution >= 4 is 39.8 Å². The quantitative estimate of drug-likeness (QED) is 0.435. The molecule has 3 heterocycles. The number of hydrogen-bond acceptors (Lipinski definition) is 5. The predicted octanol–water partition coefficient (Wildman–Crippen LogP) is 5.79. The van der Waals surface area contributed by atoms with Crippen LogP contribution in [0, 0.1) is 0 Å². The number of hydrogen-bond donors (Lipinski definition) is 1. The van der Waals surface area contributed by atoms with E-state index in [1.807, 2.05) is 12.1 Å². The molecule has 3 aromatic rings. The number of likely N-dealkylation sites (tertiary alicyclic amines) is 1. The van der Waals surface area contributed by atoms with Crippen molar-refractivity contribution in [2.45, 2.75) is 51.4 Å². The Hall–Kier alpha value is -3.11. The van der Waals surface area contributed by atoms with E-state index in [0.717, 1.165) is 48.1 Å². The van der Waals surface area contributed by atoms with Crippen LogP contribution in [0.3, 0.4) is 0 Å². The van der Waals surface area contributed by atoms with Crippen molar-refractivity contribution < 1.29 is 23.1 Å². The summed E-state index contributed by atoms with van der Waals surface area (Å²) in [4.78, 5) is 19.4. The Kier molecular flexibility index (Phi) is 6.66. The van der Waals surface area contributed by atoms with Crippen molar-refractivity contribution in [2.24, 2.45) is 4.99 Å². The highest BCUT2D eigenvalue weighted by Gasteiger charge is 2.35. The molecular formula is C27H27F3N4O2S. The highest BCUT2D eigenvalue weighted by molar-refractivity contribution is 8.18. The molecular weight excluding hydrogens is 501 g/mol. The molecule has 1 N–H and O–H groups in total. The van der Waals surface area contributed by atoms with E-state index < -0.39 is 17.3 Å². The minimum absolute atomic E-state index is 0.0621. The lowest BCUT2D eigenvalue weighted by Crippen LogP contribution is -2.33. The van der Waals surface area contributed by atoms with Crippen molar-refractivity contribution in [3.63, 3.8) is 0 Å². The summed E-state index contributed by atoms with van der Waals surface area (Å²) in [5.41, 5.74) is -0.454. The maximum absolute atomic E-state index is 13.8. The van der Waals surface area contributed by atoms with E-state index in [-0.39, 0.29) is 23.6 Å². The van der Waals surface area contributed by atoms with E-state index in [2.05, 4.69) is 15.0 Å². The van der Waals surface area contributed by atoms with Gasteiger partial charge in [-0.25, -0.2) is 0 Å². The molecule has 6 nitrogen and oxygen atoms in total. The van der Waals surface area contributed by atoms with E-state index in [1.165, 1.54) is 48.8 Å². The molecule has 0 radical (unpaired) electrons. The van der Waals surface area contributed by atoms with Crippen LogP contribution in [0.15, 0.2) is 52.5 Å². The molecule has 1 aromatic heterocycles. The zero-order chi connectivity index (χ0) is 26.4. The largest absolute Gasteiger partial charge is 0.416 e. The standard InChI is InChI=1S/C27H27F3N4O2S/c1-26(2,36)20-8-7-18(21(14-20)27(28,29)30)16-34-22-9-6-17(12-19(22)15-31-34)13-23-24(35)32-25(37-23)33-10-4-3-5-11-33/h6-9,12-15,36H,3-5,10-11,16H2,1-2H3. The van der Waals surface area contributed by atoms with Gasteiger partial charge in [-0.05, 0) is 85.8 Å². The molecule has 2 aliphatic rings. The van der Waals surface area contributed by atoms with Gasteiger partial charge in [0.25, 0.3) is 5.91 Å². The summed E-state index contributed by atoms with van der Waals surface area (Å²) >= 11 is 1.38. The number of rotatable bonds is 4.